The molecule has 5 heteroatoms. The molecule has 1 aromatic rings. The highest BCUT2D eigenvalue weighted by Gasteiger charge is 2.22. The third-order valence-electron chi connectivity index (χ3n) is 3.54. The van der Waals surface area contributed by atoms with E-state index in [1.807, 2.05) is 29.5 Å². The maximum Gasteiger partial charge on any atom is 0.223 e. The Balaban J connectivity index is 1.79. The summed E-state index contributed by atoms with van der Waals surface area (Å²) in [5.41, 5.74) is 0. The van der Waals surface area contributed by atoms with E-state index in [9.17, 15) is 9.59 Å². The molecule has 1 N–H and O–H groups in total. The predicted molar refractivity (Wildman–Crippen MR) is 76.5 cm³/mol. The largest absolute Gasteiger partial charge is 0.341 e. The number of amides is 1. The average molecular weight is 280 g/mol. The second kappa shape index (κ2) is 6.82. The quantitative estimate of drug-likeness (QED) is 0.838. The molecular formula is C14H20N2O2S. The maximum absolute atomic E-state index is 12.1. The van der Waals surface area contributed by atoms with Gasteiger partial charge in [-0.05, 0) is 31.3 Å². The molecule has 4 nitrogen and oxygen atoms in total. The third-order valence-corrected chi connectivity index (χ3v) is 4.46. The van der Waals surface area contributed by atoms with E-state index in [1.165, 1.54) is 11.3 Å². The molecule has 1 atom stereocenters. The first kappa shape index (κ1) is 14.2. The van der Waals surface area contributed by atoms with Crippen LogP contribution in [0.4, 0.5) is 0 Å². The van der Waals surface area contributed by atoms with Crippen LogP contribution >= 0.6 is 11.3 Å². The minimum Gasteiger partial charge on any atom is -0.341 e. The molecule has 1 saturated heterocycles. The summed E-state index contributed by atoms with van der Waals surface area (Å²) in [5.74, 6) is 0.176. The van der Waals surface area contributed by atoms with Gasteiger partial charge in [-0.15, -0.1) is 11.3 Å². The average Bonchev–Trinajstić information content (AvgIpc) is 2.98. The van der Waals surface area contributed by atoms with Crippen LogP contribution in [0.15, 0.2) is 17.5 Å². The van der Waals surface area contributed by atoms with E-state index in [1.54, 1.807) is 0 Å². The molecule has 0 bridgehead atoms. The smallest absolute Gasteiger partial charge is 0.223 e. The lowest BCUT2D eigenvalue weighted by molar-refractivity contribution is -0.132. The van der Waals surface area contributed by atoms with Crippen LogP contribution in [0.1, 0.15) is 35.4 Å². The van der Waals surface area contributed by atoms with Crippen LogP contribution in [0, 0.1) is 0 Å². The van der Waals surface area contributed by atoms with Crippen LogP contribution in [0.25, 0.3) is 0 Å². The Morgan fingerprint density at radius 2 is 2.32 bits per heavy atom. The summed E-state index contributed by atoms with van der Waals surface area (Å²) in [5, 5.41) is 5.10. The number of likely N-dealkylation sites (N-methyl/N-ethyl adjacent to an activating group) is 1. The van der Waals surface area contributed by atoms with Crippen molar-refractivity contribution in [2.24, 2.45) is 0 Å². The lowest BCUT2D eigenvalue weighted by atomic mass is 10.0. The van der Waals surface area contributed by atoms with Gasteiger partial charge in [0.2, 0.25) is 5.91 Å². The normalized spacial score (nSPS) is 19.4. The summed E-state index contributed by atoms with van der Waals surface area (Å²) < 4.78 is 0. The Labute approximate surface area is 117 Å². The topological polar surface area (TPSA) is 49.4 Å². The number of carbonyl (C=O) groups excluding carboxylic acids is 2. The summed E-state index contributed by atoms with van der Waals surface area (Å²) in [6.07, 6.45) is 2.80. The summed E-state index contributed by atoms with van der Waals surface area (Å²) in [7, 11) is 1.93. The number of nitrogens with one attached hydrogen (secondary N) is 1. The van der Waals surface area contributed by atoms with E-state index >= 15 is 0 Å². The van der Waals surface area contributed by atoms with Crippen LogP contribution in [0.2, 0.25) is 0 Å². The molecule has 1 fully saturated rings. The number of ketones is 1. The zero-order chi connectivity index (χ0) is 13.7. The lowest BCUT2D eigenvalue weighted by Gasteiger charge is -2.32. The van der Waals surface area contributed by atoms with Gasteiger partial charge in [-0.2, -0.15) is 0 Å². The zero-order valence-electron chi connectivity index (χ0n) is 11.2. The van der Waals surface area contributed by atoms with Gasteiger partial charge < -0.3 is 10.2 Å². The van der Waals surface area contributed by atoms with Gasteiger partial charge in [-0.3, -0.25) is 9.59 Å². The molecule has 1 aromatic heterocycles. The molecular weight excluding hydrogens is 260 g/mol. The van der Waals surface area contributed by atoms with Gasteiger partial charge in [-0.25, -0.2) is 0 Å². The number of rotatable bonds is 5. The first-order valence-electron chi connectivity index (χ1n) is 6.72. The third kappa shape index (κ3) is 3.88. The summed E-state index contributed by atoms with van der Waals surface area (Å²) in [6, 6.07) is 4.07. The van der Waals surface area contributed by atoms with Crippen molar-refractivity contribution < 1.29 is 9.59 Å². The molecule has 1 aliphatic heterocycles. The van der Waals surface area contributed by atoms with E-state index < -0.39 is 0 Å². The molecule has 1 aliphatic rings. The van der Waals surface area contributed by atoms with Crippen molar-refractivity contribution >= 4 is 23.0 Å². The number of likely N-dealkylation sites (tertiary alicyclic amines) is 1. The molecule has 2 rings (SSSR count). The summed E-state index contributed by atoms with van der Waals surface area (Å²) >= 11 is 1.44. The molecule has 0 saturated carbocycles. The van der Waals surface area contributed by atoms with Gasteiger partial charge in [0.05, 0.1) is 4.88 Å². The van der Waals surface area contributed by atoms with Gasteiger partial charge in [-0.1, -0.05) is 6.07 Å². The summed E-state index contributed by atoms with van der Waals surface area (Å²) in [4.78, 5) is 26.6. The first-order valence-corrected chi connectivity index (χ1v) is 7.60. The molecule has 1 amide bonds. The molecule has 0 radical (unpaired) electrons. The predicted octanol–water partition coefficient (Wildman–Crippen LogP) is 1.92. The molecule has 1 unspecified atom stereocenters. The van der Waals surface area contributed by atoms with Crippen LogP contribution < -0.4 is 5.32 Å². The van der Waals surface area contributed by atoms with Crippen molar-refractivity contribution in [3.8, 4) is 0 Å². The Hall–Kier alpha value is -1.20. The number of thiophene rings is 1. The van der Waals surface area contributed by atoms with Crippen molar-refractivity contribution in [3.63, 3.8) is 0 Å². The highest BCUT2D eigenvalue weighted by atomic mass is 32.1. The van der Waals surface area contributed by atoms with Crippen LogP contribution in [0.5, 0.6) is 0 Å². The highest BCUT2D eigenvalue weighted by molar-refractivity contribution is 7.12. The van der Waals surface area contributed by atoms with Crippen LogP contribution in [-0.2, 0) is 4.79 Å². The van der Waals surface area contributed by atoms with Crippen molar-refractivity contribution in [3.05, 3.63) is 22.4 Å². The molecule has 19 heavy (non-hydrogen) atoms. The minimum absolute atomic E-state index is 0.0746. The monoisotopic (exact) mass is 280 g/mol. The standard InChI is InChI=1S/C14H20N2O2S/c1-15-11-4-2-8-16(10-11)14(18)7-6-12(17)13-5-3-9-19-13/h3,5,9,11,15H,2,4,6-8,10H2,1H3. The zero-order valence-corrected chi connectivity index (χ0v) is 12.0. The van der Waals surface area contributed by atoms with E-state index in [0.29, 0.717) is 18.9 Å². The molecule has 2 heterocycles. The fraction of sp³-hybridized carbons (Fsp3) is 0.571. The molecule has 0 spiro atoms. The number of nitrogens with zero attached hydrogens (tertiary/aromatic N) is 1. The Morgan fingerprint density at radius 1 is 1.47 bits per heavy atom. The van der Waals surface area contributed by atoms with Gasteiger partial charge in [0.15, 0.2) is 5.78 Å². The molecule has 104 valence electrons. The Kier molecular flexibility index (Phi) is 5.10. The van der Waals surface area contributed by atoms with Crippen molar-refractivity contribution in [2.45, 2.75) is 31.7 Å². The number of hydrogen-bond donors (Lipinski definition) is 1. The number of Topliss-reactive ketones (excluding diaryl/α,β-unsaturated/α-hetero) is 1. The maximum atomic E-state index is 12.1. The minimum atomic E-state index is 0.0746. The van der Waals surface area contributed by atoms with E-state index in [4.69, 9.17) is 0 Å². The SMILES string of the molecule is CNC1CCCN(C(=O)CCC(=O)c2cccs2)C1. The Bertz CT molecular complexity index is 431. The van der Waals surface area contributed by atoms with Crippen molar-refractivity contribution in [1.82, 2.24) is 10.2 Å². The molecule has 0 aliphatic carbocycles. The lowest BCUT2D eigenvalue weighted by Crippen LogP contribution is -2.47. The van der Waals surface area contributed by atoms with Gasteiger partial charge in [0.1, 0.15) is 0 Å². The second-order valence-electron chi connectivity index (χ2n) is 4.87. The first-order chi connectivity index (χ1) is 9.20. The van der Waals surface area contributed by atoms with Crippen LogP contribution in [0.3, 0.4) is 0 Å². The number of hydrogen-bond acceptors (Lipinski definition) is 4. The van der Waals surface area contributed by atoms with Crippen molar-refractivity contribution in [2.75, 3.05) is 20.1 Å². The number of carbonyl (C=O) groups is 2. The fourth-order valence-corrected chi connectivity index (χ4v) is 3.07. The summed E-state index contributed by atoms with van der Waals surface area (Å²) in [6.45, 7) is 1.59. The van der Waals surface area contributed by atoms with Crippen LogP contribution in [-0.4, -0.2) is 42.8 Å². The van der Waals surface area contributed by atoms with E-state index in [2.05, 4.69) is 5.32 Å². The van der Waals surface area contributed by atoms with Crippen molar-refractivity contribution in [1.29, 1.82) is 0 Å². The highest BCUT2D eigenvalue weighted by Crippen LogP contribution is 2.15. The van der Waals surface area contributed by atoms with Gasteiger partial charge in [0.25, 0.3) is 0 Å². The molecule has 0 aromatic carbocycles. The van der Waals surface area contributed by atoms with Gasteiger partial charge in [0, 0.05) is 32.0 Å². The fourth-order valence-electron chi connectivity index (χ4n) is 2.38. The Morgan fingerprint density at radius 3 is 3.00 bits per heavy atom. The van der Waals surface area contributed by atoms with E-state index in [-0.39, 0.29) is 11.7 Å². The van der Waals surface area contributed by atoms with E-state index in [0.717, 1.165) is 30.8 Å². The number of piperidine rings is 1. The van der Waals surface area contributed by atoms with Gasteiger partial charge >= 0.3 is 0 Å². The second-order valence-corrected chi connectivity index (χ2v) is 5.82.